The van der Waals surface area contributed by atoms with Crippen molar-refractivity contribution in [2.24, 2.45) is 0 Å². The van der Waals surface area contributed by atoms with Crippen molar-refractivity contribution in [1.82, 2.24) is 4.98 Å². The number of hydrogen-bond acceptors (Lipinski definition) is 5. The van der Waals surface area contributed by atoms with Crippen LogP contribution in [0.2, 0.25) is 0 Å². The Kier molecular flexibility index (Phi) is 3.37. The maximum atomic E-state index is 11.0. The minimum absolute atomic E-state index is 0.141. The molecule has 0 aliphatic carbocycles. The second-order valence-corrected chi connectivity index (χ2v) is 3.51. The molecular weight excluding hydrogens is 252 g/mol. The molecule has 7 nitrogen and oxygen atoms in total. The van der Waals surface area contributed by atoms with Gasteiger partial charge in [-0.2, -0.15) is 0 Å². The SMILES string of the molecule is O=C(O)c1cccc(Oc2cccnc2)c1[N+](=O)[O-]. The maximum absolute atomic E-state index is 11.0. The molecule has 0 aliphatic heterocycles. The van der Waals surface area contributed by atoms with Gasteiger partial charge in [0.1, 0.15) is 11.3 Å². The molecule has 0 atom stereocenters. The van der Waals surface area contributed by atoms with Crippen LogP contribution in [0.25, 0.3) is 0 Å². The van der Waals surface area contributed by atoms with Gasteiger partial charge < -0.3 is 9.84 Å². The fraction of sp³-hybridized carbons (Fsp3) is 0. The van der Waals surface area contributed by atoms with Crippen molar-refractivity contribution in [2.45, 2.75) is 0 Å². The van der Waals surface area contributed by atoms with Crippen molar-refractivity contribution in [1.29, 1.82) is 0 Å². The number of pyridine rings is 1. The second kappa shape index (κ2) is 5.13. The number of nitro benzene ring substituents is 1. The number of ether oxygens (including phenoxy) is 1. The van der Waals surface area contributed by atoms with Gasteiger partial charge in [-0.1, -0.05) is 6.07 Å². The van der Waals surface area contributed by atoms with E-state index in [0.29, 0.717) is 0 Å². The minimum Gasteiger partial charge on any atom is -0.477 e. The summed E-state index contributed by atoms with van der Waals surface area (Å²) in [7, 11) is 0. The number of nitrogens with zero attached hydrogens (tertiary/aromatic N) is 2. The number of nitro groups is 1. The molecular formula is C12H8N2O5. The van der Waals surface area contributed by atoms with E-state index in [1.54, 1.807) is 12.1 Å². The second-order valence-electron chi connectivity index (χ2n) is 3.51. The Morgan fingerprint density at radius 2 is 2.11 bits per heavy atom. The number of carboxylic acid groups (broad SMARTS) is 1. The summed E-state index contributed by atoms with van der Waals surface area (Å²) in [4.78, 5) is 25.0. The fourth-order valence-electron chi connectivity index (χ4n) is 1.50. The summed E-state index contributed by atoms with van der Waals surface area (Å²) in [6, 6.07) is 7.02. The molecule has 19 heavy (non-hydrogen) atoms. The predicted molar refractivity (Wildman–Crippen MR) is 64.4 cm³/mol. The molecule has 0 saturated heterocycles. The van der Waals surface area contributed by atoms with Crippen molar-refractivity contribution < 1.29 is 19.6 Å². The van der Waals surface area contributed by atoms with Crippen LogP contribution >= 0.6 is 0 Å². The number of carbonyl (C=O) groups is 1. The molecule has 0 fully saturated rings. The van der Waals surface area contributed by atoms with E-state index < -0.39 is 22.1 Å². The molecule has 0 amide bonds. The van der Waals surface area contributed by atoms with Crippen molar-refractivity contribution in [3.63, 3.8) is 0 Å². The summed E-state index contributed by atoms with van der Waals surface area (Å²) in [5.74, 6) is -1.24. The summed E-state index contributed by atoms with van der Waals surface area (Å²) >= 11 is 0. The average molecular weight is 260 g/mol. The van der Waals surface area contributed by atoms with E-state index >= 15 is 0 Å². The van der Waals surface area contributed by atoms with Gasteiger partial charge in [-0.3, -0.25) is 15.1 Å². The fourth-order valence-corrected chi connectivity index (χ4v) is 1.50. The van der Waals surface area contributed by atoms with Gasteiger partial charge >= 0.3 is 11.7 Å². The zero-order valence-electron chi connectivity index (χ0n) is 9.52. The van der Waals surface area contributed by atoms with Gasteiger partial charge in [-0.05, 0) is 24.3 Å². The van der Waals surface area contributed by atoms with Crippen molar-refractivity contribution >= 4 is 11.7 Å². The van der Waals surface area contributed by atoms with E-state index in [-0.39, 0.29) is 11.5 Å². The number of aromatic nitrogens is 1. The van der Waals surface area contributed by atoms with Crippen molar-refractivity contribution in [3.05, 3.63) is 58.4 Å². The molecule has 1 aromatic carbocycles. The first-order valence-electron chi connectivity index (χ1n) is 5.18. The normalized spacial score (nSPS) is 9.89. The Labute approximate surface area is 107 Å². The van der Waals surface area contributed by atoms with Crippen molar-refractivity contribution in [2.75, 3.05) is 0 Å². The van der Waals surface area contributed by atoms with E-state index in [2.05, 4.69) is 4.98 Å². The molecule has 2 rings (SSSR count). The van der Waals surface area contributed by atoms with Crippen LogP contribution in [0, 0.1) is 10.1 Å². The lowest BCUT2D eigenvalue weighted by Gasteiger charge is -2.07. The van der Waals surface area contributed by atoms with Crippen LogP contribution in [0.5, 0.6) is 11.5 Å². The zero-order chi connectivity index (χ0) is 13.8. The summed E-state index contributed by atoms with van der Waals surface area (Å²) in [5.41, 5.74) is -1.01. The van der Waals surface area contributed by atoms with Gasteiger partial charge in [-0.25, -0.2) is 4.79 Å². The molecule has 0 saturated carbocycles. The number of para-hydroxylation sites is 1. The number of rotatable bonds is 4. The van der Waals surface area contributed by atoms with Gasteiger partial charge in [-0.15, -0.1) is 0 Å². The maximum Gasteiger partial charge on any atom is 0.342 e. The molecule has 2 aromatic rings. The summed E-state index contributed by atoms with van der Waals surface area (Å²) in [5, 5.41) is 19.9. The van der Waals surface area contributed by atoms with Gasteiger partial charge in [0.15, 0.2) is 0 Å². The molecule has 1 aromatic heterocycles. The molecule has 1 heterocycles. The Morgan fingerprint density at radius 3 is 2.68 bits per heavy atom. The van der Waals surface area contributed by atoms with Gasteiger partial charge in [0.05, 0.1) is 11.1 Å². The number of benzene rings is 1. The lowest BCUT2D eigenvalue weighted by atomic mass is 10.1. The highest BCUT2D eigenvalue weighted by atomic mass is 16.6. The van der Waals surface area contributed by atoms with Gasteiger partial charge in [0.2, 0.25) is 5.75 Å². The molecule has 0 spiro atoms. The molecule has 0 unspecified atom stereocenters. The number of aromatic carboxylic acids is 1. The zero-order valence-corrected chi connectivity index (χ0v) is 9.52. The molecule has 7 heteroatoms. The third-order valence-electron chi connectivity index (χ3n) is 2.27. The highest BCUT2D eigenvalue weighted by molar-refractivity contribution is 5.93. The average Bonchev–Trinajstić information content (AvgIpc) is 2.39. The standard InChI is InChI=1S/C12H8N2O5/c15-12(16)9-4-1-5-10(11(9)14(17)18)19-8-3-2-6-13-7-8/h1-7H,(H,15,16). The Balaban J connectivity index is 2.48. The Morgan fingerprint density at radius 1 is 1.32 bits per heavy atom. The molecule has 0 aliphatic rings. The molecule has 0 radical (unpaired) electrons. The van der Waals surface area contributed by atoms with E-state index in [0.717, 1.165) is 6.07 Å². The van der Waals surface area contributed by atoms with Gasteiger partial charge in [0, 0.05) is 6.20 Å². The smallest absolute Gasteiger partial charge is 0.342 e. The largest absolute Gasteiger partial charge is 0.477 e. The van der Waals surface area contributed by atoms with Crippen molar-refractivity contribution in [3.8, 4) is 11.5 Å². The van der Waals surface area contributed by atoms with Crippen LogP contribution in [-0.4, -0.2) is 21.0 Å². The van der Waals surface area contributed by atoms with Crippen LogP contribution in [0.1, 0.15) is 10.4 Å². The third kappa shape index (κ3) is 2.65. The van der Waals surface area contributed by atoms with E-state index in [1.807, 2.05) is 0 Å². The first kappa shape index (κ1) is 12.5. The Hall–Kier alpha value is -2.96. The van der Waals surface area contributed by atoms with Crippen LogP contribution in [0.3, 0.4) is 0 Å². The first-order chi connectivity index (χ1) is 9.09. The molecule has 0 bridgehead atoms. The van der Waals surface area contributed by atoms with E-state index in [9.17, 15) is 14.9 Å². The summed E-state index contributed by atoms with van der Waals surface area (Å²) in [6.45, 7) is 0. The predicted octanol–water partition coefficient (Wildman–Crippen LogP) is 2.48. The Bertz CT molecular complexity index is 627. The van der Waals surface area contributed by atoms with Crippen LogP contribution in [-0.2, 0) is 0 Å². The quantitative estimate of drug-likeness (QED) is 0.669. The number of hydrogen-bond donors (Lipinski definition) is 1. The van der Waals surface area contributed by atoms with Gasteiger partial charge in [0.25, 0.3) is 0 Å². The van der Waals surface area contributed by atoms with E-state index in [1.165, 1.54) is 24.5 Å². The lowest BCUT2D eigenvalue weighted by molar-refractivity contribution is -0.386. The molecule has 96 valence electrons. The molecule has 1 N–H and O–H groups in total. The topological polar surface area (TPSA) is 103 Å². The van der Waals surface area contributed by atoms with Crippen LogP contribution < -0.4 is 4.74 Å². The van der Waals surface area contributed by atoms with Crippen LogP contribution in [0.4, 0.5) is 5.69 Å². The summed E-state index contributed by atoms with van der Waals surface area (Å²) < 4.78 is 5.29. The number of carboxylic acids is 1. The highest BCUT2D eigenvalue weighted by Crippen LogP contribution is 2.33. The lowest BCUT2D eigenvalue weighted by Crippen LogP contribution is -2.04. The monoisotopic (exact) mass is 260 g/mol. The first-order valence-corrected chi connectivity index (χ1v) is 5.18. The van der Waals surface area contributed by atoms with Crippen LogP contribution in [0.15, 0.2) is 42.7 Å². The van der Waals surface area contributed by atoms with E-state index in [4.69, 9.17) is 9.84 Å². The minimum atomic E-state index is -1.39. The highest BCUT2D eigenvalue weighted by Gasteiger charge is 2.25. The summed E-state index contributed by atoms with van der Waals surface area (Å²) in [6.07, 6.45) is 2.89. The third-order valence-corrected chi connectivity index (χ3v) is 2.27.